The summed E-state index contributed by atoms with van der Waals surface area (Å²) in [5.41, 5.74) is 0. The molecule has 0 nitrogen and oxygen atoms in total. The summed E-state index contributed by atoms with van der Waals surface area (Å²) in [5.74, 6) is 0. The molecule has 0 unspecified atom stereocenters. The van der Waals surface area contributed by atoms with Crippen LogP contribution in [-0.2, 0) is 20.1 Å². The third kappa shape index (κ3) is 19.2. The maximum atomic E-state index is 9.93. The van der Waals surface area contributed by atoms with Gasteiger partial charge in [-0.2, -0.15) is 0 Å². The summed E-state index contributed by atoms with van der Waals surface area (Å²) in [6.45, 7) is 0. The summed E-state index contributed by atoms with van der Waals surface area (Å²) in [7, 11) is -0.892. The van der Waals surface area contributed by atoms with E-state index in [2.05, 4.69) is 208 Å². The molecule has 1 aliphatic carbocycles. The van der Waals surface area contributed by atoms with Gasteiger partial charge >= 0.3 is 36.4 Å². The summed E-state index contributed by atoms with van der Waals surface area (Å²) in [6.07, 6.45) is 14.0. The molecule has 1 saturated carbocycles. The Morgan fingerprint density at radius 3 is 0.537 bits per heavy atom. The van der Waals surface area contributed by atoms with E-state index in [0.717, 1.165) is 0 Å². The van der Waals surface area contributed by atoms with Gasteiger partial charge in [0, 0.05) is 20.1 Å². The summed E-state index contributed by atoms with van der Waals surface area (Å²) < 4.78 is 59.6. The molecule has 6 aromatic rings. The minimum Gasteiger partial charge on any atom is -0.0622 e. The van der Waals surface area contributed by atoms with Crippen molar-refractivity contribution >= 4 is 67.1 Å². The van der Waals surface area contributed by atoms with Crippen LogP contribution in [-0.4, -0.2) is 19.5 Å². The van der Waals surface area contributed by atoms with Crippen molar-refractivity contribution in [1.82, 2.24) is 0 Å². The minimum absolute atomic E-state index is 0. The monoisotopic (exact) mass is 1060 g/mol. The fourth-order valence-corrected chi connectivity index (χ4v) is 9.82. The third-order valence-electron chi connectivity index (χ3n) is 7.42. The van der Waals surface area contributed by atoms with Gasteiger partial charge in [-0.1, -0.05) is 182 Å². The van der Waals surface area contributed by atoms with E-state index in [0.29, 0.717) is 0 Å². The Balaban J connectivity index is 0.000000210. The predicted octanol–water partition coefficient (Wildman–Crippen LogP) is 11.4. The Kier molecular flexibility index (Phi) is 18.7. The van der Waals surface area contributed by atoms with E-state index in [4.69, 9.17) is 0 Å². The maximum Gasteiger partial charge on any atom is 0 e. The SMILES string of the molecule is [CH]1[CH]CC[CH][CH]CC1.[F][Sb-]([F])([F])([F])([F])[F].[Ir].c1ccc(P(c2ccccc2)c2ccccc2)cc1.c1ccc(P(c2ccccc2)c2ccccc2)cc1. The second kappa shape index (κ2) is 22.1. The first kappa shape index (κ1) is 45.6. The number of rotatable bonds is 6. The largest absolute Gasteiger partial charge is 0.0622 e. The average Bonchev–Trinajstić information content (AvgIpc) is 3.14. The van der Waals surface area contributed by atoms with Crippen molar-refractivity contribution in [2.45, 2.75) is 25.7 Å². The van der Waals surface area contributed by atoms with Gasteiger partial charge in [-0.25, -0.2) is 0 Å². The quantitative estimate of drug-likeness (QED) is 0.0886. The standard InChI is InChI=1S/2C18H15P.C8H12.6FH.Ir.Sb/c2*1-4-10-16(11-5-1)19(17-12-6-2-7-13-17)18-14-8-3-9-15-18;1-2-4-6-8-7-5-3-1;;;;;;;;/h2*1-15H;1-2,7-8H,3-6H2;6*1H;;/q;;;;;;;;;;+5/p-6. The summed E-state index contributed by atoms with van der Waals surface area (Å²) in [4.78, 5) is 0. The van der Waals surface area contributed by atoms with Crippen LogP contribution in [0.2, 0.25) is 0 Å². The van der Waals surface area contributed by atoms with Crippen molar-refractivity contribution in [3.05, 3.63) is 208 Å². The van der Waals surface area contributed by atoms with E-state index < -0.39 is 35.3 Å². The Bertz CT molecular complexity index is 1510. The molecule has 54 heavy (non-hydrogen) atoms. The van der Waals surface area contributed by atoms with E-state index >= 15 is 0 Å². The summed E-state index contributed by atoms with van der Waals surface area (Å²) in [5, 5.41) is 8.39. The van der Waals surface area contributed by atoms with Gasteiger partial charge in [-0.15, -0.1) is 0 Å². The first-order valence-corrected chi connectivity index (χ1v) is 25.6. The molecule has 0 heterocycles. The van der Waals surface area contributed by atoms with Gasteiger partial charge in [-0.05, 0) is 99.0 Å². The van der Waals surface area contributed by atoms with E-state index in [-0.39, 0.29) is 20.1 Å². The maximum absolute atomic E-state index is 11.2. The predicted molar refractivity (Wildman–Crippen MR) is 218 cm³/mol. The van der Waals surface area contributed by atoms with Gasteiger partial charge in [0.15, 0.2) is 0 Å². The molecule has 7 rings (SSSR count). The van der Waals surface area contributed by atoms with Crippen molar-refractivity contribution in [3.8, 4) is 0 Å². The van der Waals surface area contributed by atoms with Crippen molar-refractivity contribution in [1.29, 1.82) is 0 Å². The van der Waals surface area contributed by atoms with Crippen molar-refractivity contribution in [2.75, 3.05) is 0 Å². The van der Waals surface area contributed by atoms with Crippen LogP contribution in [0.5, 0.6) is 0 Å². The fraction of sp³-hybridized carbons (Fsp3) is 0.0909. The van der Waals surface area contributed by atoms with Crippen LogP contribution < -0.4 is 31.8 Å². The molecule has 0 aromatic heterocycles. The normalized spacial score (nSPS) is 14.0. The van der Waals surface area contributed by atoms with E-state index in [1.165, 1.54) is 57.5 Å². The number of hydrogen-bond donors (Lipinski definition) is 0. The Hall–Kier alpha value is -2.77. The van der Waals surface area contributed by atoms with Crippen LogP contribution in [0.4, 0.5) is 16.9 Å². The molecule has 5 radical (unpaired) electrons. The molecule has 0 aliphatic heterocycles. The Morgan fingerprint density at radius 2 is 0.407 bits per heavy atom. The molecule has 10 heteroatoms. The van der Waals surface area contributed by atoms with Crippen molar-refractivity contribution in [2.24, 2.45) is 0 Å². The smallest absolute Gasteiger partial charge is 0 e. The van der Waals surface area contributed by atoms with Crippen molar-refractivity contribution in [3.63, 3.8) is 0 Å². The number of hydrogen-bond acceptors (Lipinski definition) is 0. The Morgan fingerprint density at radius 1 is 0.278 bits per heavy atom. The van der Waals surface area contributed by atoms with E-state index in [1.807, 2.05) is 0 Å². The second-order valence-corrected chi connectivity index (χ2v) is 21.7. The summed E-state index contributed by atoms with van der Waals surface area (Å²) >= 11 is -11.2. The zero-order valence-corrected chi connectivity index (χ0v) is 36.1. The molecular formula is C44H42F6IrP2Sb-. The summed E-state index contributed by atoms with van der Waals surface area (Å²) in [6, 6.07) is 64.7. The minimum atomic E-state index is -11.2. The molecule has 285 valence electrons. The molecule has 1 aliphatic rings. The van der Waals surface area contributed by atoms with Gasteiger partial charge in [0.05, 0.1) is 0 Å². The van der Waals surface area contributed by atoms with Gasteiger partial charge in [0.25, 0.3) is 0 Å². The average molecular weight is 1060 g/mol. The first-order valence-electron chi connectivity index (χ1n) is 17.1. The first-order chi connectivity index (χ1) is 25.3. The Labute approximate surface area is 335 Å². The zero-order valence-electron chi connectivity index (χ0n) is 29.4. The third-order valence-corrected chi connectivity index (χ3v) is 12.3. The fourth-order valence-electron chi connectivity index (χ4n) is 5.21. The zero-order chi connectivity index (χ0) is 37.9. The van der Waals surface area contributed by atoms with Crippen LogP contribution in [0.25, 0.3) is 0 Å². The van der Waals surface area contributed by atoms with Gasteiger partial charge in [0.2, 0.25) is 0 Å². The van der Waals surface area contributed by atoms with Crippen LogP contribution in [0.3, 0.4) is 0 Å². The van der Waals surface area contributed by atoms with Gasteiger partial charge in [-0.3, -0.25) is 0 Å². The molecule has 0 saturated heterocycles. The van der Waals surface area contributed by atoms with Crippen molar-refractivity contribution < 1.29 is 37.0 Å². The molecule has 0 amide bonds. The molecule has 6 aromatic carbocycles. The molecule has 0 atom stereocenters. The van der Waals surface area contributed by atoms with E-state index in [1.54, 1.807) is 0 Å². The van der Waals surface area contributed by atoms with Gasteiger partial charge < -0.3 is 0 Å². The number of halogens is 6. The molecular weight excluding hydrogens is 1020 g/mol. The van der Waals surface area contributed by atoms with Crippen LogP contribution in [0.15, 0.2) is 182 Å². The molecule has 0 spiro atoms. The molecule has 1 fully saturated rings. The second-order valence-electron chi connectivity index (χ2n) is 11.7. The molecule has 0 bridgehead atoms. The van der Waals surface area contributed by atoms with Crippen LogP contribution >= 0.6 is 15.8 Å². The van der Waals surface area contributed by atoms with Gasteiger partial charge in [0.1, 0.15) is 0 Å². The number of benzene rings is 6. The van der Waals surface area contributed by atoms with Crippen LogP contribution in [0, 0.1) is 25.7 Å². The molecule has 0 N–H and O–H groups in total. The van der Waals surface area contributed by atoms with Crippen LogP contribution in [0.1, 0.15) is 25.7 Å². The topological polar surface area (TPSA) is 0 Å². The van der Waals surface area contributed by atoms with E-state index in [9.17, 15) is 16.9 Å².